The highest BCUT2D eigenvalue weighted by Gasteiger charge is 2.31. The van der Waals surface area contributed by atoms with Gasteiger partial charge >= 0.3 is 0 Å². The van der Waals surface area contributed by atoms with Crippen LogP contribution in [0.15, 0.2) is 48.5 Å². The molecule has 4 unspecified atom stereocenters. The summed E-state index contributed by atoms with van der Waals surface area (Å²) in [5.74, 6) is 9.69. The molecule has 2 aromatic rings. The summed E-state index contributed by atoms with van der Waals surface area (Å²) >= 11 is 0. The quantitative estimate of drug-likeness (QED) is 0.258. The Balaban J connectivity index is -0.000000272. The fraction of sp³-hybridized carbons (Fsp3) is 0.760. The van der Waals surface area contributed by atoms with Gasteiger partial charge in [-0.3, -0.25) is 0 Å². The minimum Gasteiger partial charge on any atom is -0.0776 e. The fourth-order valence-corrected chi connectivity index (χ4v) is 7.67. The van der Waals surface area contributed by atoms with Crippen LogP contribution in [0.3, 0.4) is 0 Å². The number of aryl methyl sites for hydroxylation is 1. The van der Waals surface area contributed by atoms with E-state index in [9.17, 15) is 0 Å². The van der Waals surface area contributed by atoms with Crippen molar-refractivity contribution in [3.63, 3.8) is 0 Å². The van der Waals surface area contributed by atoms with Gasteiger partial charge in [0.15, 0.2) is 0 Å². The van der Waals surface area contributed by atoms with Crippen LogP contribution in [0.25, 0.3) is 0 Å². The Morgan fingerprint density at radius 2 is 0.900 bits per heavy atom. The van der Waals surface area contributed by atoms with Crippen molar-refractivity contribution in [2.24, 2.45) is 47.3 Å². The van der Waals surface area contributed by atoms with Crippen LogP contribution in [-0.2, 0) is 6.42 Å². The Morgan fingerprint density at radius 3 is 1.18 bits per heavy atom. The van der Waals surface area contributed by atoms with Crippen molar-refractivity contribution >= 4 is 0 Å². The summed E-state index contributed by atoms with van der Waals surface area (Å²) in [5.41, 5.74) is 5.88. The van der Waals surface area contributed by atoms with Crippen molar-refractivity contribution in [3.05, 3.63) is 70.8 Å². The Morgan fingerprint density at radius 1 is 0.500 bits per heavy atom. The highest BCUT2D eigenvalue weighted by Crippen LogP contribution is 2.41. The third-order valence-corrected chi connectivity index (χ3v) is 11.0. The van der Waals surface area contributed by atoms with Gasteiger partial charge in [-0.25, -0.2) is 0 Å². The molecule has 0 spiro atoms. The second-order valence-corrected chi connectivity index (χ2v) is 16.8. The third kappa shape index (κ3) is 20.5. The lowest BCUT2D eigenvalue weighted by molar-refractivity contribution is 0.235. The van der Waals surface area contributed by atoms with Gasteiger partial charge < -0.3 is 0 Å². The molecule has 296 valence electrons. The monoisotopic (exact) mass is 697 g/mol. The smallest absolute Gasteiger partial charge is 0.0216 e. The predicted molar refractivity (Wildman–Crippen MR) is 237 cm³/mol. The lowest BCUT2D eigenvalue weighted by Crippen LogP contribution is -2.18. The molecule has 0 radical (unpaired) electrons. The summed E-state index contributed by atoms with van der Waals surface area (Å²) in [6.07, 6.45) is 10.1. The van der Waals surface area contributed by atoms with Crippen molar-refractivity contribution in [3.8, 4) is 0 Å². The summed E-state index contributed by atoms with van der Waals surface area (Å²) < 4.78 is 0. The topological polar surface area (TPSA) is 0 Å². The average molecular weight is 697 g/mol. The molecule has 50 heavy (non-hydrogen) atoms. The summed E-state index contributed by atoms with van der Waals surface area (Å²) in [7, 11) is 0. The molecule has 0 saturated heterocycles. The molecule has 0 heterocycles. The molecule has 2 saturated carbocycles. The normalized spacial score (nSPS) is 19.3. The minimum atomic E-state index is 0. The van der Waals surface area contributed by atoms with Gasteiger partial charge in [0.2, 0.25) is 0 Å². The summed E-state index contributed by atoms with van der Waals surface area (Å²) in [4.78, 5) is 0. The van der Waals surface area contributed by atoms with Crippen molar-refractivity contribution in [1.29, 1.82) is 0 Å². The first-order valence-electron chi connectivity index (χ1n) is 20.3. The van der Waals surface area contributed by atoms with Gasteiger partial charge in [-0.15, -0.1) is 0 Å². The first kappa shape index (κ1) is 55.2. The highest BCUT2D eigenvalue weighted by molar-refractivity contribution is 5.32. The fourth-order valence-electron chi connectivity index (χ4n) is 7.67. The van der Waals surface area contributed by atoms with E-state index in [4.69, 9.17) is 0 Å². The number of hydrogen-bond donors (Lipinski definition) is 0. The molecule has 2 fully saturated rings. The van der Waals surface area contributed by atoms with Gasteiger partial charge in [0.25, 0.3) is 0 Å². The van der Waals surface area contributed by atoms with Crippen molar-refractivity contribution in [2.45, 2.75) is 203 Å². The van der Waals surface area contributed by atoms with Crippen LogP contribution in [0.1, 0.15) is 219 Å². The van der Waals surface area contributed by atoms with Crippen LogP contribution >= 0.6 is 0 Å². The summed E-state index contributed by atoms with van der Waals surface area (Å²) in [5, 5.41) is 0. The maximum atomic E-state index is 2.38. The average Bonchev–Trinajstić information content (AvgIpc) is 3.75. The van der Waals surface area contributed by atoms with Crippen molar-refractivity contribution < 1.29 is 0 Å². The molecule has 4 rings (SSSR count). The largest absolute Gasteiger partial charge is 0.0776 e. The predicted octanol–water partition coefficient (Wildman–Crippen LogP) is 17.7. The lowest BCUT2D eigenvalue weighted by Gasteiger charge is -2.26. The Labute approximate surface area is 319 Å². The molecule has 0 heteroatoms. The van der Waals surface area contributed by atoms with E-state index in [0.717, 1.165) is 53.8 Å². The van der Waals surface area contributed by atoms with E-state index in [-0.39, 0.29) is 22.3 Å². The van der Waals surface area contributed by atoms with Gasteiger partial charge in [-0.05, 0) is 126 Å². The van der Waals surface area contributed by atoms with Crippen molar-refractivity contribution in [2.75, 3.05) is 0 Å². The van der Waals surface area contributed by atoms with E-state index in [0.29, 0.717) is 17.8 Å². The summed E-state index contributed by atoms with van der Waals surface area (Å²) in [6, 6.07) is 17.6. The number of benzene rings is 2. The Bertz CT molecular complexity index is 965. The van der Waals surface area contributed by atoms with E-state index < -0.39 is 0 Å². The standard InChI is InChI=1S/C12H18.2C11H22.C11H16.C2H6.3CH4/c1-9(2)11-7-5-6-8-12(11)10(3)4;1-8(2)10-5-6-11(7-10)9(3)4;1-8(2)10-6-5-7-11(10)9(3)4;1-4-10-6-5-7-11(8-10)9(2)3;1-2;;;/h5-10H,1-4H3;2*8-11H,5-7H2,1-4H3;5-9H,4H2,1-3H3;1-2H3;3*1H4. The van der Waals surface area contributed by atoms with Gasteiger partial charge in [-0.1, -0.05) is 195 Å². The molecule has 0 N–H and O–H groups in total. The molecular formula is C50H96. The maximum Gasteiger partial charge on any atom is -0.0216 e. The second kappa shape index (κ2) is 30.0. The van der Waals surface area contributed by atoms with E-state index in [1.807, 2.05) is 13.8 Å². The van der Waals surface area contributed by atoms with E-state index in [1.165, 1.54) is 60.8 Å². The van der Waals surface area contributed by atoms with Gasteiger partial charge in [-0.2, -0.15) is 0 Å². The summed E-state index contributed by atoms with van der Waals surface area (Å²) in [6.45, 7) is 38.7. The van der Waals surface area contributed by atoms with Crippen LogP contribution < -0.4 is 0 Å². The second-order valence-electron chi connectivity index (χ2n) is 16.8. The van der Waals surface area contributed by atoms with Gasteiger partial charge in [0.05, 0.1) is 0 Å². The maximum absolute atomic E-state index is 2.38. The van der Waals surface area contributed by atoms with Gasteiger partial charge in [0, 0.05) is 0 Å². The molecule has 2 aromatic carbocycles. The van der Waals surface area contributed by atoms with Crippen LogP contribution in [0.4, 0.5) is 0 Å². The first-order valence-corrected chi connectivity index (χ1v) is 20.3. The number of hydrogen-bond acceptors (Lipinski definition) is 0. The molecular weight excluding hydrogens is 601 g/mol. The van der Waals surface area contributed by atoms with E-state index >= 15 is 0 Å². The molecule has 0 aliphatic heterocycles. The van der Waals surface area contributed by atoms with Crippen LogP contribution in [-0.4, -0.2) is 0 Å². The molecule has 0 aromatic heterocycles. The zero-order valence-corrected chi connectivity index (χ0v) is 34.9. The van der Waals surface area contributed by atoms with Crippen LogP contribution in [0.5, 0.6) is 0 Å². The van der Waals surface area contributed by atoms with Crippen molar-refractivity contribution in [1.82, 2.24) is 0 Å². The first-order chi connectivity index (χ1) is 22.1. The number of rotatable bonds is 8. The minimum absolute atomic E-state index is 0. The Kier molecular flexibility index (Phi) is 33.1. The zero-order valence-electron chi connectivity index (χ0n) is 34.9. The zero-order chi connectivity index (χ0) is 36.3. The molecule has 0 amide bonds. The molecule has 0 bridgehead atoms. The molecule has 2 aliphatic rings. The highest BCUT2D eigenvalue weighted by atomic mass is 14.4. The Hall–Kier alpha value is -1.56. The SMILES string of the molecule is C.C.C.CC.CC(C)C1CCC(C(C)C)C1.CC(C)C1CCCC1C(C)C.CC(C)c1ccccc1C(C)C.CCc1cccc(C(C)C)c1. The molecule has 0 nitrogen and oxygen atoms in total. The van der Waals surface area contributed by atoms with Gasteiger partial charge in [0.1, 0.15) is 0 Å². The van der Waals surface area contributed by atoms with Crippen LogP contribution in [0.2, 0.25) is 0 Å². The van der Waals surface area contributed by atoms with E-state index in [1.54, 1.807) is 0 Å². The molecule has 4 atom stereocenters. The molecule has 2 aliphatic carbocycles. The van der Waals surface area contributed by atoms with Crippen LogP contribution in [0, 0.1) is 47.3 Å². The lowest BCUT2D eigenvalue weighted by atomic mass is 9.80. The third-order valence-electron chi connectivity index (χ3n) is 11.0. The van der Waals surface area contributed by atoms with E-state index in [2.05, 4.69) is 152 Å².